The summed E-state index contributed by atoms with van der Waals surface area (Å²) >= 11 is 0. The van der Waals surface area contributed by atoms with E-state index in [0.29, 0.717) is 0 Å². The third kappa shape index (κ3) is 2.61. The standard InChI is InChI=1S/C11H17N3O2/c12-8-4-2-1-3-5-9(8)16-11-10(15)13-6-7-14-11/h6-9H,1-5,12H2,(H,13,15). The summed E-state index contributed by atoms with van der Waals surface area (Å²) in [6, 6.07) is 0.00362. The molecule has 0 spiro atoms. The first-order chi connectivity index (χ1) is 7.77. The molecule has 16 heavy (non-hydrogen) atoms. The molecule has 2 rings (SSSR count). The maximum atomic E-state index is 11.4. The largest absolute Gasteiger partial charge is 0.469 e. The van der Waals surface area contributed by atoms with E-state index in [9.17, 15) is 4.79 Å². The van der Waals surface area contributed by atoms with Gasteiger partial charge in [0, 0.05) is 18.4 Å². The Labute approximate surface area is 94.0 Å². The van der Waals surface area contributed by atoms with Crippen molar-refractivity contribution in [3.05, 3.63) is 22.7 Å². The maximum Gasteiger partial charge on any atom is 0.310 e. The van der Waals surface area contributed by atoms with Crippen molar-refractivity contribution in [2.45, 2.75) is 44.2 Å². The summed E-state index contributed by atoms with van der Waals surface area (Å²) in [6.45, 7) is 0. The van der Waals surface area contributed by atoms with Gasteiger partial charge in [0.15, 0.2) is 0 Å². The fourth-order valence-electron chi connectivity index (χ4n) is 2.01. The molecule has 1 aromatic heterocycles. The van der Waals surface area contributed by atoms with E-state index in [2.05, 4.69) is 9.97 Å². The maximum absolute atomic E-state index is 11.4. The molecule has 1 heterocycles. The Morgan fingerprint density at radius 3 is 3.00 bits per heavy atom. The molecule has 0 amide bonds. The molecule has 5 heteroatoms. The van der Waals surface area contributed by atoms with Crippen molar-refractivity contribution in [2.24, 2.45) is 5.73 Å². The van der Waals surface area contributed by atoms with E-state index in [4.69, 9.17) is 10.5 Å². The fourth-order valence-corrected chi connectivity index (χ4v) is 2.01. The van der Waals surface area contributed by atoms with Crippen molar-refractivity contribution in [3.63, 3.8) is 0 Å². The Balaban J connectivity index is 2.08. The summed E-state index contributed by atoms with van der Waals surface area (Å²) in [5, 5.41) is 0. The van der Waals surface area contributed by atoms with Crippen molar-refractivity contribution in [1.82, 2.24) is 9.97 Å². The molecule has 0 radical (unpaired) electrons. The average molecular weight is 223 g/mol. The lowest BCUT2D eigenvalue weighted by Gasteiger charge is -2.21. The lowest BCUT2D eigenvalue weighted by atomic mass is 10.1. The summed E-state index contributed by atoms with van der Waals surface area (Å²) in [5.74, 6) is 0.129. The van der Waals surface area contributed by atoms with Crippen molar-refractivity contribution >= 4 is 0 Å². The fraction of sp³-hybridized carbons (Fsp3) is 0.636. The van der Waals surface area contributed by atoms with Crippen LogP contribution < -0.4 is 16.0 Å². The topological polar surface area (TPSA) is 81.0 Å². The zero-order chi connectivity index (χ0) is 11.4. The predicted molar refractivity (Wildman–Crippen MR) is 60.3 cm³/mol. The molecule has 1 aliphatic carbocycles. The third-order valence-electron chi connectivity index (χ3n) is 2.94. The van der Waals surface area contributed by atoms with E-state index >= 15 is 0 Å². The monoisotopic (exact) mass is 223 g/mol. The molecule has 5 nitrogen and oxygen atoms in total. The molecule has 0 aliphatic heterocycles. The summed E-state index contributed by atoms with van der Waals surface area (Å²) in [4.78, 5) is 17.9. The quantitative estimate of drug-likeness (QED) is 0.727. The van der Waals surface area contributed by atoms with Crippen LogP contribution in [0.1, 0.15) is 32.1 Å². The van der Waals surface area contributed by atoms with Crippen molar-refractivity contribution < 1.29 is 4.74 Å². The van der Waals surface area contributed by atoms with Crippen LogP contribution in [0.2, 0.25) is 0 Å². The molecule has 1 aliphatic rings. The number of nitrogens with one attached hydrogen (secondary N) is 1. The Morgan fingerprint density at radius 1 is 1.38 bits per heavy atom. The molecule has 0 aromatic carbocycles. The molecule has 3 N–H and O–H groups in total. The van der Waals surface area contributed by atoms with Crippen LogP contribution in [0.3, 0.4) is 0 Å². The van der Waals surface area contributed by atoms with Crippen LogP contribution in [-0.4, -0.2) is 22.1 Å². The second-order valence-electron chi connectivity index (χ2n) is 4.18. The SMILES string of the molecule is NC1CCCCCC1Oc1ncc[nH]c1=O. The molecule has 1 aromatic rings. The van der Waals surface area contributed by atoms with Gasteiger partial charge in [-0.3, -0.25) is 4.79 Å². The number of ether oxygens (including phenoxy) is 1. The number of aromatic nitrogens is 2. The molecule has 0 bridgehead atoms. The van der Waals surface area contributed by atoms with E-state index in [0.717, 1.165) is 25.7 Å². The van der Waals surface area contributed by atoms with E-state index in [1.54, 1.807) is 0 Å². The number of aromatic amines is 1. The van der Waals surface area contributed by atoms with Crippen molar-refractivity contribution in [2.75, 3.05) is 0 Å². The van der Waals surface area contributed by atoms with Gasteiger partial charge in [-0.15, -0.1) is 0 Å². The summed E-state index contributed by atoms with van der Waals surface area (Å²) < 4.78 is 5.60. The van der Waals surface area contributed by atoms with E-state index in [1.165, 1.54) is 18.8 Å². The van der Waals surface area contributed by atoms with Crippen LogP contribution >= 0.6 is 0 Å². The van der Waals surface area contributed by atoms with Gasteiger partial charge >= 0.3 is 5.56 Å². The van der Waals surface area contributed by atoms with Crippen LogP contribution in [0.25, 0.3) is 0 Å². The van der Waals surface area contributed by atoms with Crippen molar-refractivity contribution in [1.29, 1.82) is 0 Å². The minimum Gasteiger partial charge on any atom is -0.469 e. The summed E-state index contributed by atoms with van der Waals surface area (Å²) in [7, 11) is 0. The van der Waals surface area contributed by atoms with E-state index < -0.39 is 0 Å². The highest BCUT2D eigenvalue weighted by Crippen LogP contribution is 2.19. The van der Waals surface area contributed by atoms with Gasteiger partial charge in [-0.1, -0.05) is 12.8 Å². The first kappa shape index (κ1) is 11.1. The van der Waals surface area contributed by atoms with Crippen LogP contribution in [0.5, 0.6) is 5.88 Å². The number of nitrogens with zero attached hydrogens (tertiary/aromatic N) is 1. The molecule has 2 atom stereocenters. The lowest BCUT2D eigenvalue weighted by Crippen LogP contribution is -2.39. The predicted octanol–water partition coefficient (Wildman–Crippen LogP) is 0.809. The number of rotatable bonds is 2. The van der Waals surface area contributed by atoms with Crippen LogP contribution in [0, 0.1) is 0 Å². The van der Waals surface area contributed by atoms with Gasteiger partial charge in [0.05, 0.1) is 0 Å². The zero-order valence-corrected chi connectivity index (χ0v) is 9.19. The van der Waals surface area contributed by atoms with E-state index in [-0.39, 0.29) is 23.6 Å². The Kier molecular flexibility index (Phi) is 3.56. The zero-order valence-electron chi connectivity index (χ0n) is 9.19. The Hall–Kier alpha value is -1.36. The molecular formula is C11H17N3O2. The molecule has 1 saturated carbocycles. The molecular weight excluding hydrogens is 206 g/mol. The van der Waals surface area contributed by atoms with E-state index in [1.807, 2.05) is 0 Å². The third-order valence-corrected chi connectivity index (χ3v) is 2.94. The van der Waals surface area contributed by atoms with Gasteiger partial charge in [0.1, 0.15) is 6.10 Å². The smallest absolute Gasteiger partial charge is 0.310 e. The number of nitrogens with two attached hydrogens (primary N) is 1. The number of hydrogen-bond acceptors (Lipinski definition) is 4. The van der Waals surface area contributed by atoms with Gasteiger partial charge in [0.2, 0.25) is 0 Å². The van der Waals surface area contributed by atoms with Crippen molar-refractivity contribution in [3.8, 4) is 5.88 Å². The number of hydrogen-bond donors (Lipinski definition) is 2. The second-order valence-corrected chi connectivity index (χ2v) is 4.18. The van der Waals surface area contributed by atoms with Gasteiger partial charge < -0.3 is 15.5 Å². The summed E-state index contributed by atoms with van der Waals surface area (Å²) in [5.41, 5.74) is 5.72. The lowest BCUT2D eigenvalue weighted by molar-refractivity contribution is 0.153. The highest BCUT2D eigenvalue weighted by molar-refractivity contribution is 5.03. The minimum absolute atomic E-state index is 0.00362. The Morgan fingerprint density at radius 2 is 2.19 bits per heavy atom. The van der Waals surface area contributed by atoms with Crippen LogP contribution in [0.15, 0.2) is 17.2 Å². The van der Waals surface area contributed by atoms with Gasteiger partial charge in [-0.2, -0.15) is 0 Å². The van der Waals surface area contributed by atoms with Gasteiger partial charge in [-0.25, -0.2) is 4.98 Å². The summed E-state index contributed by atoms with van der Waals surface area (Å²) in [6.07, 6.45) is 8.20. The van der Waals surface area contributed by atoms with Gasteiger partial charge in [0.25, 0.3) is 5.88 Å². The first-order valence-electron chi connectivity index (χ1n) is 5.73. The molecule has 1 fully saturated rings. The Bertz CT molecular complexity index is 391. The molecule has 88 valence electrons. The van der Waals surface area contributed by atoms with Crippen LogP contribution in [-0.2, 0) is 0 Å². The average Bonchev–Trinajstić information content (AvgIpc) is 2.48. The molecule has 0 saturated heterocycles. The first-order valence-corrected chi connectivity index (χ1v) is 5.73. The normalized spacial score (nSPS) is 26.1. The second kappa shape index (κ2) is 5.12. The van der Waals surface area contributed by atoms with Gasteiger partial charge in [-0.05, 0) is 19.3 Å². The van der Waals surface area contributed by atoms with Crippen LogP contribution in [0.4, 0.5) is 0 Å². The highest BCUT2D eigenvalue weighted by atomic mass is 16.5. The highest BCUT2D eigenvalue weighted by Gasteiger charge is 2.23. The molecule has 2 unspecified atom stereocenters. The minimum atomic E-state index is -0.293. The number of H-pyrrole nitrogens is 1.